The predicted octanol–water partition coefficient (Wildman–Crippen LogP) is 3.07. The van der Waals surface area contributed by atoms with Crippen LogP contribution < -0.4 is 4.74 Å². The van der Waals surface area contributed by atoms with Gasteiger partial charge in [-0.3, -0.25) is 0 Å². The van der Waals surface area contributed by atoms with Crippen molar-refractivity contribution in [3.05, 3.63) is 47.5 Å². The number of hydrogen-bond acceptors (Lipinski definition) is 3. The van der Waals surface area contributed by atoms with Gasteiger partial charge in [-0.05, 0) is 18.6 Å². The number of phenols is 1. The Hall–Kier alpha value is -2.49. The molecule has 4 nitrogen and oxygen atoms in total. The van der Waals surface area contributed by atoms with Crippen LogP contribution >= 0.6 is 0 Å². The highest BCUT2D eigenvalue weighted by molar-refractivity contribution is 5.95. The molecule has 2 aromatic carbocycles. The summed E-state index contributed by atoms with van der Waals surface area (Å²) in [6.07, 6.45) is 0. The summed E-state index contributed by atoms with van der Waals surface area (Å²) < 4.78 is 5.30. The number of methoxy groups -OCH3 is 1. The minimum Gasteiger partial charge on any atom is -0.507 e. The van der Waals surface area contributed by atoms with Gasteiger partial charge < -0.3 is 14.9 Å². The van der Waals surface area contributed by atoms with Crippen molar-refractivity contribution in [2.24, 2.45) is 0 Å². The smallest absolute Gasteiger partial charge is 0.339 e. The number of hydrogen-bond donors (Lipinski definition) is 2. The third kappa shape index (κ3) is 2.25. The number of carbonyl (C=O) groups is 1. The van der Waals surface area contributed by atoms with Gasteiger partial charge in [0.2, 0.25) is 0 Å². The molecule has 0 heterocycles. The number of aromatic hydroxyl groups is 1. The fourth-order valence-corrected chi connectivity index (χ4v) is 2.15. The zero-order valence-electron chi connectivity index (χ0n) is 10.7. The van der Waals surface area contributed by atoms with Crippen molar-refractivity contribution >= 4 is 5.97 Å². The van der Waals surface area contributed by atoms with Crippen LogP contribution in [0.5, 0.6) is 11.5 Å². The van der Waals surface area contributed by atoms with Gasteiger partial charge in [0.25, 0.3) is 0 Å². The second kappa shape index (κ2) is 5.02. The van der Waals surface area contributed by atoms with Crippen LogP contribution in [0.2, 0.25) is 0 Å². The van der Waals surface area contributed by atoms with Gasteiger partial charge in [0.05, 0.1) is 7.11 Å². The summed E-state index contributed by atoms with van der Waals surface area (Å²) in [5.41, 5.74) is 1.81. The molecular formula is C15H14O4. The molecule has 98 valence electrons. The van der Waals surface area contributed by atoms with Crippen LogP contribution in [-0.2, 0) is 0 Å². The summed E-state index contributed by atoms with van der Waals surface area (Å²) in [6, 6.07) is 10.8. The molecule has 2 aromatic rings. The van der Waals surface area contributed by atoms with E-state index in [2.05, 4.69) is 0 Å². The molecule has 0 aliphatic carbocycles. The van der Waals surface area contributed by atoms with Crippen molar-refractivity contribution in [1.82, 2.24) is 0 Å². The van der Waals surface area contributed by atoms with Crippen molar-refractivity contribution in [3.63, 3.8) is 0 Å². The highest BCUT2D eigenvalue weighted by atomic mass is 16.5. The fourth-order valence-electron chi connectivity index (χ4n) is 2.15. The van der Waals surface area contributed by atoms with Crippen molar-refractivity contribution in [2.45, 2.75) is 6.92 Å². The van der Waals surface area contributed by atoms with E-state index >= 15 is 0 Å². The number of ether oxygens (including phenoxy) is 1. The largest absolute Gasteiger partial charge is 0.507 e. The van der Waals surface area contributed by atoms with Crippen LogP contribution in [0.25, 0.3) is 11.1 Å². The van der Waals surface area contributed by atoms with E-state index in [-0.39, 0.29) is 11.3 Å². The Balaban J connectivity index is 2.74. The molecule has 0 saturated carbocycles. The number of benzene rings is 2. The highest BCUT2D eigenvalue weighted by Crippen LogP contribution is 2.39. The molecule has 4 heteroatoms. The van der Waals surface area contributed by atoms with E-state index in [1.54, 1.807) is 6.92 Å². The molecule has 0 amide bonds. The molecule has 0 bridgehead atoms. The lowest BCUT2D eigenvalue weighted by atomic mass is 9.97. The van der Waals surface area contributed by atoms with Gasteiger partial charge in [-0.1, -0.05) is 30.3 Å². The zero-order chi connectivity index (χ0) is 14.0. The maximum atomic E-state index is 11.1. The van der Waals surface area contributed by atoms with Gasteiger partial charge in [-0.2, -0.15) is 0 Å². The Morgan fingerprint density at radius 2 is 1.84 bits per heavy atom. The molecule has 0 saturated heterocycles. The Morgan fingerprint density at radius 3 is 2.37 bits per heavy atom. The molecule has 0 aliphatic heterocycles. The standard InChI is InChI=1S/C15H14O4/c1-9-13(15(17)18)12(16)8-11(14(9)19-2)10-6-4-3-5-7-10/h3-8,16H,1-2H3,(H,17,18). The number of carboxylic acids is 1. The third-order valence-electron chi connectivity index (χ3n) is 3.00. The minimum atomic E-state index is -1.17. The average Bonchev–Trinajstić information content (AvgIpc) is 2.38. The van der Waals surface area contributed by atoms with Crippen LogP contribution in [0, 0.1) is 6.92 Å². The Kier molecular flexibility index (Phi) is 3.42. The van der Waals surface area contributed by atoms with E-state index in [1.165, 1.54) is 13.2 Å². The van der Waals surface area contributed by atoms with Gasteiger partial charge in [-0.15, -0.1) is 0 Å². The Labute approximate surface area is 110 Å². The van der Waals surface area contributed by atoms with Gasteiger partial charge in [-0.25, -0.2) is 4.79 Å². The lowest BCUT2D eigenvalue weighted by Crippen LogP contribution is -2.03. The molecule has 2 N–H and O–H groups in total. The summed E-state index contributed by atoms with van der Waals surface area (Å²) in [5, 5.41) is 19.0. The number of aromatic carboxylic acids is 1. The minimum absolute atomic E-state index is 0.128. The quantitative estimate of drug-likeness (QED) is 0.887. The first-order valence-electron chi connectivity index (χ1n) is 5.75. The topological polar surface area (TPSA) is 66.8 Å². The highest BCUT2D eigenvalue weighted by Gasteiger charge is 2.20. The van der Waals surface area contributed by atoms with Gasteiger partial charge >= 0.3 is 5.97 Å². The zero-order valence-corrected chi connectivity index (χ0v) is 10.7. The third-order valence-corrected chi connectivity index (χ3v) is 3.00. The summed E-state index contributed by atoms with van der Waals surface area (Å²) in [6.45, 7) is 1.62. The lowest BCUT2D eigenvalue weighted by Gasteiger charge is -2.15. The molecule has 0 radical (unpaired) electrons. The number of rotatable bonds is 3. The molecule has 2 rings (SSSR count). The van der Waals surface area contributed by atoms with Crippen molar-refractivity contribution in [3.8, 4) is 22.6 Å². The Bertz CT molecular complexity index is 618. The molecule has 0 spiro atoms. The Morgan fingerprint density at radius 1 is 1.21 bits per heavy atom. The molecule has 0 aliphatic rings. The normalized spacial score (nSPS) is 10.2. The molecule has 19 heavy (non-hydrogen) atoms. The average molecular weight is 258 g/mol. The van der Waals surface area contributed by atoms with Crippen LogP contribution in [0.3, 0.4) is 0 Å². The molecule has 0 unspecified atom stereocenters. The van der Waals surface area contributed by atoms with E-state index in [9.17, 15) is 9.90 Å². The van der Waals surface area contributed by atoms with E-state index in [4.69, 9.17) is 9.84 Å². The summed E-state index contributed by atoms with van der Waals surface area (Å²) >= 11 is 0. The van der Waals surface area contributed by atoms with E-state index in [1.807, 2.05) is 30.3 Å². The summed E-state index contributed by atoms with van der Waals surface area (Å²) in [5.74, 6) is -0.973. The summed E-state index contributed by atoms with van der Waals surface area (Å²) in [7, 11) is 1.48. The van der Waals surface area contributed by atoms with E-state index in [0.29, 0.717) is 16.9 Å². The second-order valence-corrected chi connectivity index (χ2v) is 4.15. The fraction of sp³-hybridized carbons (Fsp3) is 0.133. The molecular weight excluding hydrogens is 244 g/mol. The van der Waals surface area contributed by atoms with Gasteiger partial charge in [0.15, 0.2) is 0 Å². The van der Waals surface area contributed by atoms with Crippen LogP contribution in [0.1, 0.15) is 15.9 Å². The van der Waals surface area contributed by atoms with E-state index in [0.717, 1.165) is 5.56 Å². The molecule has 0 aromatic heterocycles. The maximum Gasteiger partial charge on any atom is 0.339 e. The first-order valence-corrected chi connectivity index (χ1v) is 5.75. The van der Waals surface area contributed by atoms with Crippen molar-refractivity contribution in [2.75, 3.05) is 7.11 Å². The van der Waals surface area contributed by atoms with Gasteiger partial charge in [0, 0.05) is 11.1 Å². The summed E-state index contributed by atoms with van der Waals surface area (Å²) in [4.78, 5) is 11.1. The SMILES string of the molecule is COc1c(-c2ccccc2)cc(O)c(C(=O)O)c1C. The lowest BCUT2D eigenvalue weighted by molar-refractivity contribution is 0.0692. The van der Waals surface area contributed by atoms with Crippen LogP contribution in [0.15, 0.2) is 36.4 Å². The number of carboxylic acid groups (broad SMARTS) is 1. The molecule has 0 atom stereocenters. The van der Waals surface area contributed by atoms with Crippen LogP contribution in [-0.4, -0.2) is 23.3 Å². The first-order chi connectivity index (χ1) is 9.06. The predicted molar refractivity (Wildman–Crippen MR) is 71.8 cm³/mol. The van der Waals surface area contributed by atoms with Crippen LogP contribution in [0.4, 0.5) is 0 Å². The monoisotopic (exact) mass is 258 g/mol. The second-order valence-electron chi connectivity index (χ2n) is 4.15. The van der Waals surface area contributed by atoms with Gasteiger partial charge in [0.1, 0.15) is 17.1 Å². The van der Waals surface area contributed by atoms with Crippen molar-refractivity contribution in [1.29, 1.82) is 0 Å². The van der Waals surface area contributed by atoms with Crippen molar-refractivity contribution < 1.29 is 19.7 Å². The first kappa shape index (κ1) is 13.0. The van der Waals surface area contributed by atoms with E-state index < -0.39 is 5.97 Å². The molecule has 0 fully saturated rings. The maximum absolute atomic E-state index is 11.1.